The van der Waals surface area contributed by atoms with Gasteiger partial charge >= 0.3 is 0 Å². The molecule has 0 fully saturated rings. The van der Waals surface area contributed by atoms with E-state index >= 15 is 0 Å². The molecule has 1 aromatic rings. The first-order chi connectivity index (χ1) is 6.03. The topological polar surface area (TPSA) is 0 Å². The third-order valence-electron chi connectivity index (χ3n) is 1.98. The number of rotatable bonds is 3. The number of halogens is 1. The molecule has 0 aliphatic carbocycles. The maximum Gasteiger partial charge on any atom is 0.0487 e. The van der Waals surface area contributed by atoms with Gasteiger partial charge in [0.2, 0.25) is 0 Å². The van der Waals surface area contributed by atoms with E-state index in [2.05, 4.69) is 59.8 Å². The van der Waals surface area contributed by atoms with E-state index in [0.29, 0.717) is 0 Å². The Kier molecular flexibility index (Phi) is 3.74. The van der Waals surface area contributed by atoms with E-state index < -0.39 is 8.07 Å². The summed E-state index contributed by atoms with van der Waals surface area (Å²) in [6.07, 6.45) is 0. The molecule has 0 spiro atoms. The third-order valence-corrected chi connectivity index (χ3v) is 4.03. The Bertz CT molecular complexity index is 276. The van der Waals surface area contributed by atoms with Crippen LogP contribution in [0.2, 0.25) is 19.6 Å². The van der Waals surface area contributed by atoms with Gasteiger partial charge in [-0.3, -0.25) is 0 Å². The maximum absolute atomic E-state index is 3.53. The summed E-state index contributed by atoms with van der Waals surface area (Å²) in [7, 11) is -0.967. The van der Waals surface area contributed by atoms with Gasteiger partial charge in [-0.05, 0) is 17.2 Å². The molecule has 1 rings (SSSR count). The lowest BCUT2D eigenvalue weighted by atomic mass is 10.1. The van der Waals surface area contributed by atoms with Gasteiger partial charge in [0.05, 0.1) is 0 Å². The lowest BCUT2D eigenvalue weighted by Gasteiger charge is -2.17. The third kappa shape index (κ3) is 3.65. The average Bonchev–Trinajstić information content (AvgIpc) is 2.02. The van der Waals surface area contributed by atoms with E-state index in [9.17, 15) is 0 Å². The predicted molar refractivity (Wildman–Crippen MR) is 66.1 cm³/mol. The predicted octanol–water partition coefficient (Wildman–Crippen LogP) is 4.00. The Morgan fingerprint density at radius 3 is 2.08 bits per heavy atom. The van der Waals surface area contributed by atoms with Crippen molar-refractivity contribution in [2.45, 2.75) is 31.0 Å². The van der Waals surface area contributed by atoms with Crippen LogP contribution in [0.4, 0.5) is 0 Å². The highest BCUT2D eigenvalue weighted by Crippen LogP contribution is 2.17. The molecule has 0 aliphatic rings. The van der Waals surface area contributed by atoms with Crippen molar-refractivity contribution in [3.8, 4) is 0 Å². The second-order valence-electron chi connectivity index (χ2n) is 4.64. The summed E-state index contributed by atoms with van der Waals surface area (Å²) in [6.45, 7) is 7.24. The number of hydrogen-bond acceptors (Lipinski definition) is 0. The van der Waals surface area contributed by atoms with E-state index in [1.807, 2.05) is 0 Å². The molecule has 0 heterocycles. The van der Waals surface area contributed by atoms with Crippen molar-refractivity contribution in [1.82, 2.24) is 0 Å². The first kappa shape index (κ1) is 11.0. The molecule has 1 aromatic carbocycles. The molecular formula is C11H17BrSi. The summed E-state index contributed by atoms with van der Waals surface area (Å²) >= 11 is 3.53. The fourth-order valence-electron chi connectivity index (χ4n) is 1.43. The van der Waals surface area contributed by atoms with Gasteiger partial charge in [-0.25, -0.2) is 0 Å². The van der Waals surface area contributed by atoms with Crippen molar-refractivity contribution < 1.29 is 0 Å². The van der Waals surface area contributed by atoms with Crippen LogP contribution in [-0.4, -0.2) is 8.07 Å². The quantitative estimate of drug-likeness (QED) is 0.567. The zero-order valence-corrected chi connectivity index (χ0v) is 11.2. The van der Waals surface area contributed by atoms with Crippen LogP contribution in [0.5, 0.6) is 0 Å². The minimum Gasteiger partial charge on any atom is -0.0876 e. The number of alkyl halides is 1. The molecule has 0 unspecified atom stereocenters. The van der Waals surface area contributed by atoms with Crippen LogP contribution in [0, 0.1) is 0 Å². The molecule has 0 aliphatic heterocycles. The Morgan fingerprint density at radius 1 is 1.08 bits per heavy atom. The fourth-order valence-corrected chi connectivity index (χ4v) is 3.47. The molecule has 0 bridgehead atoms. The zero-order valence-electron chi connectivity index (χ0n) is 8.60. The van der Waals surface area contributed by atoms with Gasteiger partial charge in [0.15, 0.2) is 0 Å². The first-order valence-electron chi connectivity index (χ1n) is 4.66. The van der Waals surface area contributed by atoms with Crippen LogP contribution in [0.3, 0.4) is 0 Å². The minimum absolute atomic E-state index is 0.967. The molecule has 2 heteroatoms. The minimum atomic E-state index is -0.967. The van der Waals surface area contributed by atoms with Crippen molar-refractivity contribution in [2.24, 2.45) is 0 Å². The second-order valence-corrected chi connectivity index (χ2v) is 10.7. The summed E-state index contributed by atoms with van der Waals surface area (Å²) in [5.74, 6) is 0. The molecule has 0 saturated carbocycles. The Morgan fingerprint density at radius 2 is 1.62 bits per heavy atom. The highest BCUT2D eigenvalue weighted by molar-refractivity contribution is 9.08. The second kappa shape index (κ2) is 4.42. The van der Waals surface area contributed by atoms with Crippen molar-refractivity contribution >= 4 is 24.0 Å². The van der Waals surface area contributed by atoms with E-state index in [1.165, 1.54) is 17.2 Å². The van der Waals surface area contributed by atoms with Gasteiger partial charge in [-0.1, -0.05) is 59.8 Å². The summed E-state index contributed by atoms with van der Waals surface area (Å²) in [5.41, 5.74) is 2.98. The molecule has 72 valence electrons. The van der Waals surface area contributed by atoms with E-state index in [-0.39, 0.29) is 0 Å². The van der Waals surface area contributed by atoms with Crippen LogP contribution < -0.4 is 0 Å². The molecule has 0 aromatic heterocycles. The van der Waals surface area contributed by atoms with E-state index in [0.717, 1.165) is 5.33 Å². The highest BCUT2D eigenvalue weighted by atomic mass is 79.9. The number of benzene rings is 1. The molecule has 13 heavy (non-hydrogen) atoms. The summed E-state index contributed by atoms with van der Waals surface area (Å²) in [6, 6.07) is 10.0. The highest BCUT2D eigenvalue weighted by Gasteiger charge is 2.15. The van der Waals surface area contributed by atoms with Crippen molar-refractivity contribution in [3.63, 3.8) is 0 Å². The van der Waals surface area contributed by atoms with Crippen LogP contribution in [0.15, 0.2) is 24.3 Å². The molecule has 0 N–H and O–H groups in total. The van der Waals surface area contributed by atoms with Gasteiger partial charge < -0.3 is 0 Å². The van der Waals surface area contributed by atoms with E-state index in [4.69, 9.17) is 0 Å². The van der Waals surface area contributed by atoms with Crippen LogP contribution in [-0.2, 0) is 11.4 Å². The number of hydrogen-bond donors (Lipinski definition) is 0. The van der Waals surface area contributed by atoms with Gasteiger partial charge in [-0.15, -0.1) is 0 Å². The standard InChI is InChI=1S/C11H17BrSi/c1-13(2,3)9-11-7-5-4-6-10(11)8-12/h4-7H,8-9H2,1-3H3. The van der Waals surface area contributed by atoms with Gasteiger partial charge in [0.1, 0.15) is 0 Å². The smallest absolute Gasteiger partial charge is 0.0487 e. The SMILES string of the molecule is C[Si](C)(C)Cc1ccccc1CBr. The first-order valence-corrected chi connectivity index (χ1v) is 9.48. The summed E-state index contributed by atoms with van der Waals surface area (Å²) < 4.78 is 0. The Hall–Kier alpha value is -0.0831. The van der Waals surface area contributed by atoms with Crippen LogP contribution in [0.1, 0.15) is 11.1 Å². The molecule has 0 radical (unpaired) electrons. The maximum atomic E-state index is 3.53. The lowest BCUT2D eigenvalue weighted by molar-refractivity contribution is 1.23. The van der Waals surface area contributed by atoms with Gasteiger partial charge in [0.25, 0.3) is 0 Å². The summed E-state index contributed by atoms with van der Waals surface area (Å²) in [5, 5.41) is 0.980. The average molecular weight is 257 g/mol. The normalized spacial score (nSPS) is 11.7. The Labute approximate surface area is 90.5 Å². The van der Waals surface area contributed by atoms with Crippen LogP contribution in [0.25, 0.3) is 0 Å². The van der Waals surface area contributed by atoms with Crippen molar-refractivity contribution in [2.75, 3.05) is 0 Å². The van der Waals surface area contributed by atoms with Crippen LogP contribution >= 0.6 is 15.9 Å². The van der Waals surface area contributed by atoms with Gasteiger partial charge in [0, 0.05) is 13.4 Å². The zero-order chi connectivity index (χ0) is 9.90. The molecule has 0 amide bonds. The monoisotopic (exact) mass is 256 g/mol. The molecule has 0 saturated heterocycles. The lowest BCUT2D eigenvalue weighted by Crippen LogP contribution is -2.24. The molecule has 0 nitrogen and oxygen atoms in total. The van der Waals surface area contributed by atoms with Crippen molar-refractivity contribution in [3.05, 3.63) is 35.4 Å². The largest absolute Gasteiger partial charge is 0.0876 e. The Balaban J connectivity index is 2.87. The molecule has 0 atom stereocenters. The fraction of sp³-hybridized carbons (Fsp3) is 0.455. The van der Waals surface area contributed by atoms with Gasteiger partial charge in [-0.2, -0.15) is 0 Å². The van der Waals surface area contributed by atoms with Crippen molar-refractivity contribution in [1.29, 1.82) is 0 Å². The summed E-state index contributed by atoms with van der Waals surface area (Å²) in [4.78, 5) is 0. The van der Waals surface area contributed by atoms with E-state index in [1.54, 1.807) is 0 Å². The molecular weight excluding hydrogens is 240 g/mol.